The fourth-order valence-corrected chi connectivity index (χ4v) is 6.92. The maximum Gasteiger partial charge on any atom is 0.338 e. The molecule has 0 bridgehead atoms. The van der Waals surface area contributed by atoms with Crippen molar-refractivity contribution in [1.82, 2.24) is 14.3 Å². The summed E-state index contributed by atoms with van der Waals surface area (Å²) in [5.74, 6) is 0.165. The molecule has 3 aromatic carbocycles. The Bertz CT molecular complexity index is 2320. The van der Waals surface area contributed by atoms with Gasteiger partial charge in [0, 0.05) is 24.2 Å². The fourth-order valence-electron chi connectivity index (χ4n) is 5.89. The van der Waals surface area contributed by atoms with Crippen LogP contribution in [-0.4, -0.2) is 46.6 Å². The number of para-hydroxylation sites is 1. The third kappa shape index (κ3) is 6.61. The van der Waals surface area contributed by atoms with E-state index >= 15 is 0 Å². The third-order valence-corrected chi connectivity index (χ3v) is 9.06. The number of esters is 2. The first-order valence-corrected chi connectivity index (χ1v) is 16.9. The molecule has 0 aliphatic carbocycles. The highest BCUT2D eigenvalue weighted by Crippen LogP contribution is 2.36. The molecule has 256 valence electrons. The second-order valence-corrected chi connectivity index (χ2v) is 12.4. The van der Waals surface area contributed by atoms with Crippen molar-refractivity contribution >= 4 is 29.4 Å². The zero-order chi connectivity index (χ0) is 35.5. The second-order valence-electron chi connectivity index (χ2n) is 11.4. The summed E-state index contributed by atoms with van der Waals surface area (Å²) in [5.41, 5.74) is 4.91. The van der Waals surface area contributed by atoms with E-state index in [1.165, 1.54) is 29.9 Å². The molecule has 0 N–H and O–H groups in total. The lowest BCUT2D eigenvalue weighted by atomic mass is 9.95. The molecule has 0 fully saturated rings. The number of ether oxygens (including phenoxy) is 4. The summed E-state index contributed by atoms with van der Waals surface area (Å²) in [7, 11) is 1.45. The van der Waals surface area contributed by atoms with E-state index in [1.807, 2.05) is 74.7 Å². The standard InChI is InChI=1S/C38H36N4O7S/c1-7-47-29-16-14-25(18-22(29)3)34-27(21-41(40-34)28-12-10-9-11-13-28)20-32-36(44)42-35(26-15-17-30(49-24(5)43)31(19-26)46-6)33(37(45)48-8-2)23(4)39-38(42)50-32/h9-21,35H,7-8H2,1-6H3/b32-20-. The second kappa shape index (κ2) is 14.4. The maximum absolute atomic E-state index is 14.5. The lowest BCUT2D eigenvalue weighted by Crippen LogP contribution is -2.40. The van der Waals surface area contributed by atoms with Crippen LogP contribution in [0.15, 0.2) is 94.0 Å². The summed E-state index contributed by atoms with van der Waals surface area (Å²) in [6.45, 7) is 9.35. The largest absolute Gasteiger partial charge is 0.494 e. The third-order valence-electron chi connectivity index (χ3n) is 8.07. The van der Waals surface area contributed by atoms with Gasteiger partial charge in [0.05, 0.1) is 47.9 Å². The fraction of sp³-hybridized carbons (Fsp3) is 0.237. The molecule has 6 rings (SSSR count). The quantitative estimate of drug-likeness (QED) is 0.143. The molecule has 1 unspecified atom stereocenters. The summed E-state index contributed by atoms with van der Waals surface area (Å²) in [6.07, 6.45) is 3.70. The number of carbonyl (C=O) groups excluding carboxylic acids is 2. The first kappa shape index (κ1) is 34.1. The number of fused-ring (bicyclic) bond motifs is 1. The van der Waals surface area contributed by atoms with Gasteiger partial charge in [0.2, 0.25) is 0 Å². The van der Waals surface area contributed by atoms with Crippen LogP contribution in [0.4, 0.5) is 0 Å². The van der Waals surface area contributed by atoms with Crippen molar-refractivity contribution in [3.05, 3.63) is 121 Å². The van der Waals surface area contributed by atoms with Crippen LogP contribution in [0.1, 0.15) is 50.4 Å². The molecule has 0 radical (unpaired) electrons. The maximum atomic E-state index is 14.5. The summed E-state index contributed by atoms with van der Waals surface area (Å²) in [6, 6.07) is 19.6. The van der Waals surface area contributed by atoms with Gasteiger partial charge in [-0.1, -0.05) is 35.6 Å². The van der Waals surface area contributed by atoms with E-state index in [1.54, 1.807) is 36.7 Å². The number of carbonyl (C=O) groups is 2. The molecular weight excluding hydrogens is 657 g/mol. The highest BCUT2D eigenvalue weighted by molar-refractivity contribution is 7.07. The van der Waals surface area contributed by atoms with Gasteiger partial charge in [-0.05, 0) is 87.4 Å². The van der Waals surface area contributed by atoms with Crippen LogP contribution in [0, 0.1) is 6.92 Å². The molecule has 50 heavy (non-hydrogen) atoms. The van der Waals surface area contributed by atoms with Crippen LogP contribution in [-0.2, 0) is 14.3 Å². The number of aryl methyl sites for hydroxylation is 1. The van der Waals surface area contributed by atoms with E-state index in [2.05, 4.69) is 0 Å². The molecule has 2 aromatic heterocycles. The topological polar surface area (TPSA) is 123 Å². The Morgan fingerprint density at radius 2 is 1.72 bits per heavy atom. The van der Waals surface area contributed by atoms with Gasteiger partial charge in [0.25, 0.3) is 5.56 Å². The summed E-state index contributed by atoms with van der Waals surface area (Å²) >= 11 is 1.21. The van der Waals surface area contributed by atoms with Crippen molar-refractivity contribution in [2.75, 3.05) is 20.3 Å². The minimum Gasteiger partial charge on any atom is -0.494 e. The van der Waals surface area contributed by atoms with Crippen molar-refractivity contribution in [1.29, 1.82) is 0 Å². The van der Waals surface area contributed by atoms with E-state index in [-0.39, 0.29) is 29.2 Å². The van der Waals surface area contributed by atoms with Crippen LogP contribution >= 0.6 is 11.3 Å². The smallest absolute Gasteiger partial charge is 0.338 e. The minimum atomic E-state index is -0.895. The van der Waals surface area contributed by atoms with Gasteiger partial charge in [-0.2, -0.15) is 5.10 Å². The average molecular weight is 693 g/mol. The minimum absolute atomic E-state index is 0.140. The number of thiazole rings is 1. The molecule has 1 aliphatic rings. The summed E-state index contributed by atoms with van der Waals surface area (Å²) in [4.78, 5) is 44.7. The normalized spacial score (nSPS) is 14.2. The highest BCUT2D eigenvalue weighted by Gasteiger charge is 2.34. The van der Waals surface area contributed by atoms with Gasteiger partial charge >= 0.3 is 11.9 Å². The van der Waals surface area contributed by atoms with Crippen LogP contribution in [0.3, 0.4) is 0 Å². The SMILES string of the molecule is CCOC(=O)C1=C(C)N=c2s/c(=C\c3cn(-c4ccccc4)nc3-c3ccc(OCC)c(C)c3)c(=O)n2C1c1ccc(OC(C)=O)c(OC)c1. The first-order chi connectivity index (χ1) is 24.1. The molecule has 0 saturated heterocycles. The van der Waals surface area contributed by atoms with Crippen LogP contribution in [0.25, 0.3) is 23.0 Å². The Morgan fingerprint density at radius 3 is 2.40 bits per heavy atom. The van der Waals surface area contributed by atoms with Crippen molar-refractivity contribution in [3.8, 4) is 34.2 Å². The number of hydrogen-bond acceptors (Lipinski definition) is 10. The Kier molecular flexibility index (Phi) is 9.82. The van der Waals surface area contributed by atoms with Crippen LogP contribution in [0.5, 0.6) is 17.2 Å². The van der Waals surface area contributed by atoms with Gasteiger partial charge in [0.15, 0.2) is 16.3 Å². The number of methoxy groups -OCH3 is 1. The number of benzene rings is 3. The Hall–Kier alpha value is -5.75. The van der Waals surface area contributed by atoms with Gasteiger partial charge in [0.1, 0.15) is 11.4 Å². The van der Waals surface area contributed by atoms with E-state index in [4.69, 9.17) is 29.0 Å². The van der Waals surface area contributed by atoms with Crippen LogP contribution in [0.2, 0.25) is 0 Å². The zero-order valence-corrected chi connectivity index (χ0v) is 29.4. The predicted molar refractivity (Wildman–Crippen MR) is 190 cm³/mol. The number of allylic oxidation sites excluding steroid dienone is 1. The van der Waals surface area contributed by atoms with Crippen molar-refractivity contribution in [3.63, 3.8) is 0 Å². The number of hydrogen-bond donors (Lipinski definition) is 0. The molecule has 5 aromatic rings. The number of nitrogens with zero attached hydrogens (tertiary/aromatic N) is 4. The summed E-state index contributed by atoms with van der Waals surface area (Å²) in [5, 5.41) is 4.95. The van der Waals surface area contributed by atoms with E-state index in [0.717, 1.165) is 22.6 Å². The molecular formula is C38H36N4O7S. The van der Waals surface area contributed by atoms with Crippen molar-refractivity contribution in [2.45, 2.75) is 40.7 Å². The number of rotatable bonds is 10. The van der Waals surface area contributed by atoms with E-state index in [9.17, 15) is 14.4 Å². The van der Waals surface area contributed by atoms with E-state index in [0.29, 0.717) is 38.5 Å². The molecule has 0 amide bonds. The summed E-state index contributed by atoms with van der Waals surface area (Å²) < 4.78 is 25.7. The monoisotopic (exact) mass is 692 g/mol. The average Bonchev–Trinajstić information content (AvgIpc) is 3.66. The molecule has 3 heterocycles. The lowest BCUT2D eigenvalue weighted by molar-refractivity contribution is -0.139. The van der Waals surface area contributed by atoms with E-state index < -0.39 is 18.0 Å². The van der Waals surface area contributed by atoms with Crippen molar-refractivity contribution < 1.29 is 28.5 Å². The lowest BCUT2D eigenvalue weighted by Gasteiger charge is -2.25. The van der Waals surface area contributed by atoms with Gasteiger partial charge in [-0.25, -0.2) is 14.5 Å². The van der Waals surface area contributed by atoms with Gasteiger partial charge in [-0.15, -0.1) is 0 Å². The predicted octanol–water partition coefficient (Wildman–Crippen LogP) is 5.29. The molecule has 0 spiro atoms. The van der Waals surface area contributed by atoms with Gasteiger partial charge in [-0.3, -0.25) is 14.2 Å². The number of aromatic nitrogens is 3. The first-order valence-electron chi connectivity index (χ1n) is 16.1. The van der Waals surface area contributed by atoms with Gasteiger partial charge < -0.3 is 18.9 Å². The van der Waals surface area contributed by atoms with Crippen LogP contribution < -0.4 is 29.1 Å². The molecule has 1 atom stereocenters. The Balaban J connectivity index is 1.55. The zero-order valence-electron chi connectivity index (χ0n) is 28.6. The Labute approximate surface area is 292 Å². The molecule has 11 nitrogen and oxygen atoms in total. The molecule has 0 saturated carbocycles. The molecule has 1 aliphatic heterocycles. The highest BCUT2D eigenvalue weighted by atomic mass is 32.1. The van der Waals surface area contributed by atoms with Crippen molar-refractivity contribution in [2.24, 2.45) is 4.99 Å². The Morgan fingerprint density at radius 1 is 0.960 bits per heavy atom. The molecule has 12 heteroatoms.